The number of aliphatic imine (C=N–C) groups is 1. The summed E-state index contributed by atoms with van der Waals surface area (Å²) < 4.78 is 15.5. The van der Waals surface area contributed by atoms with Crippen molar-refractivity contribution in [2.45, 2.75) is 179 Å². The van der Waals surface area contributed by atoms with Crippen LogP contribution in [0.5, 0.6) is 0 Å². The quantitative estimate of drug-likeness (QED) is 0.0785. The summed E-state index contributed by atoms with van der Waals surface area (Å²) in [6, 6.07) is 11.9. The Morgan fingerprint density at radius 3 is 2.42 bits per heavy atom. The fraction of sp³-hybridized carbons (Fsp3) is 0.815. The van der Waals surface area contributed by atoms with Gasteiger partial charge in [0, 0.05) is 53.2 Å². The van der Waals surface area contributed by atoms with Crippen molar-refractivity contribution in [2.24, 2.45) is 45.4 Å². The molecule has 384 valence electrons. The van der Waals surface area contributed by atoms with Crippen LogP contribution in [0.4, 0.5) is 0 Å². The topological polar surface area (TPSA) is 133 Å². The van der Waals surface area contributed by atoms with Gasteiger partial charge in [-0.15, -0.1) is 23.4 Å². The zero-order chi connectivity index (χ0) is 49.4. The highest BCUT2D eigenvalue weighted by Crippen LogP contribution is 2.56. The summed E-state index contributed by atoms with van der Waals surface area (Å²) in [6.07, 6.45) is 9.77. The monoisotopic (exact) mass is 992 g/mol. The summed E-state index contributed by atoms with van der Waals surface area (Å²) in [7, 11) is 4.26. The number of likely N-dealkylation sites (tertiary alicyclic amines) is 1. The Morgan fingerprint density at radius 1 is 1.07 bits per heavy atom. The van der Waals surface area contributed by atoms with E-state index in [9.17, 15) is 10.1 Å². The third-order valence-electron chi connectivity index (χ3n) is 17.6. The second-order valence-electron chi connectivity index (χ2n) is 23.4. The van der Waals surface area contributed by atoms with Gasteiger partial charge in [0.15, 0.2) is 0 Å². The highest BCUT2D eigenvalue weighted by molar-refractivity contribution is 8.00. The Hall–Kier alpha value is -2.48. The first-order chi connectivity index (χ1) is 32.9. The molecule has 69 heavy (non-hydrogen) atoms. The van der Waals surface area contributed by atoms with Crippen molar-refractivity contribution < 1.29 is 18.8 Å². The third-order valence-corrected chi connectivity index (χ3v) is 19.8. The number of thioether (sulfide) groups is 1. The molecule has 10 unspecified atom stereocenters. The van der Waals surface area contributed by atoms with E-state index in [1.54, 1.807) is 0 Å². The van der Waals surface area contributed by atoms with E-state index in [0.29, 0.717) is 47.9 Å². The van der Waals surface area contributed by atoms with Crippen LogP contribution in [-0.2, 0) is 20.7 Å². The van der Waals surface area contributed by atoms with Gasteiger partial charge in [0.1, 0.15) is 0 Å². The number of hydrogen-bond donors (Lipinski definition) is 4. The first-order valence-electron chi connectivity index (χ1n) is 26.9. The molecular formula is C54H88ClN10O3S+. The standard InChI is InChI=1S/C54H87ClN10O3S/c1-12-41(29-43(55)33(2)30-56)68-51-53(6,7)50(54(51,8)9)59-48(66)40-31-62(10)52(63(11)32-40)64-25-21-42(22-26-64)67-27-13-14-37-15-17-39(18-16-37)46-45-34(3)35(4)69-49(45)65-36(5)60-61-47(65)44(58-46)28-38-19-23-57-24-20-38/h15-18,33-36,38,40-45,47,49-51,57,60-61H,12-14,19-29,31-32H2,1-11H3/p+1/t33?,34?,35?,36?,41?,43?,44-,45?,47?,49?,50?,51?/m0/s1. The summed E-state index contributed by atoms with van der Waals surface area (Å²) in [6.45, 7) is 26.2. The van der Waals surface area contributed by atoms with Crippen LogP contribution in [0.1, 0.15) is 125 Å². The van der Waals surface area contributed by atoms with E-state index in [4.69, 9.17) is 26.1 Å². The van der Waals surface area contributed by atoms with E-state index in [2.05, 4.69) is 152 Å². The van der Waals surface area contributed by atoms with Crippen LogP contribution in [0, 0.1) is 51.8 Å². The fourth-order valence-electron chi connectivity index (χ4n) is 13.7. The molecule has 6 heterocycles. The summed E-state index contributed by atoms with van der Waals surface area (Å²) >= 11 is 8.74. The number of nitrogens with zero attached hydrogens (tertiary/aromatic N) is 6. The zero-order valence-corrected chi connectivity index (χ0v) is 45.6. The average molecular weight is 993 g/mol. The minimum Gasteiger partial charge on any atom is -0.378 e. The van der Waals surface area contributed by atoms with Gasteiger partial charge in [-0.25, -0.2) is 10.9 Å². The normalized spacial score (nSPS) is 34.2. The van der Waals surface area contributed by atoms with Crippen molar-refractivity contribution >= 4 is 40.9 Å². The van der Waals surface area contributed by atoms with Gasteiger partial charge in [0.2, 0.25) is 5.91 Å². The summed E-state index contributed by atoms with van der Waals surface area (Å²) in [5.74, 6) is 2.59. The Labute approximate surface area is 425 Å². The van der Waals surface area contributed by atoms with Crippen molar-refractivity contribution in [2.75, 3.05) is 60.0 Å². The molecule has 7 aliphatic rings. The molecule has 0 spiro atoms. The van der Waals surface area contributed by atoms with Crippen molar-refractivity contribution in [3.63, 3.8) is 0 Å². The van der Waals surface area contributed by atoms with E-state index in [1.807, 2.05) is 6.92 Å². The lowest BCUT2D eigenvalue weighted by atomic mass is 9.49. The number of nitrogens with one attached hydrogen (secondary N) is 4. The lowest BCUT2D eigenvalue weighted by molar-refractivity contribution is -0.520. The number of alkyl halides is 1. The van der Waals surface area contributed by atoms with Crippen molar-refractivity contribution in [1.82, 2.24) is 36.2 Å². The Bertz CT molecular complexity index is 2000. The molecule has 11 atom stereocenters. The molecule has 5 fully saturated rings. The van der Waals surface area contributed by atoms with Crippen LogP contribution in [0.15, 0.2) is 29.3 Å². The molecular weight excluding hydrogens is 904 g/mol. The number of rotatable bonds is 16. The van der Waals surface area contributed by atoms with Crippen LogP contribution in [0.2, 0.25) is 0 Å². The van der Waals surface area contributed by atoms with Gasteiger partial charge in [-0.2, -0.15) is 5.26 Å². The number of carbonyl (C=O) groups excluding carboxylic acids is 1. The number of carbonyl (C=O) groups is 1. The van der Waals surface area contributed by atoms with Crippen molar-refractivity contribution in [3.8, 4) is 6.07 Å². The minimum atomic E-state index is -0.252. The number of amides is 1. The molecule has 6 aliphatic heterocycles. The van der Waals surface area contributed by atoms with Gasteiger partial charge in [-0.05, 0) is 94.8 Å². The molecule has 8 rings (SSSR count). The van der Waals surface area contributed by atoms with E-state index in [-0.39, 0.29) is 76.7 Å². The highest BCUT2D eigenvalue weighted by Gasteiger charge is 2.64. The number of piperidine rings is 2. The lowest BCUT2D eigenvalue weighted by Gasteiger charge is -2.64. The summed E-state index contributed by atoms with van der Waals surface area (Å²) in [5, 5.41) is 17.2. The molecule has 13 nitrogen and oxygen atoms in total. The van der Waals surface area contributed by atoms with Crippen molar-refractivity contribution in [1.29, 1.82) is 5.26 Å². The first-order valence-corrected chi connectivity index (χ1v) is 28.3. The number of benzene rings is 1. The van der Waals surface area contributed by atoms with Gasteiger partial charge in [0.05, 0.1) is 106 Å². The van der Waals surface area contributed by atoms with Gasteiger partial charge >= 0.3 is 5.96 Å². The minimum absolute atomic E-state index is 0.0231. The maximum Gasteiger partial charge on any atom is 0.350 e. The Balaban J connectivity index is 0.801. The highest BCUT2D eigenvalue weighted by atomic mass is 35.5. The number of ether oxygens (including phenoxy) is 2. The third kappa shape index (κ3) is 11.2. The molecule has 0 bridgehead atoms. The molecule has 4 N–H and O–H groups in total. The number of nitriles is 1. The largest absolute Gasteiger partial charge is 0.378 e. The zero-order valence-electron chi connectivity index (χ0n) is 44.0. The Morgan fingerprint density at radius 2 is 1.77 bits per heavy atom. The maximum absolute atomic E-state index is 14.0. The predicted molar refractivity (Wildman–Crippen MR) is 280 cm³/mol. The number of hydrogen-bond acceptors (Lipinski definition) is 12. The van der Waals surface area contributed by atoms with Crippen LogP contribution >= 0.6 is 23.4 Å². The fourth-order valence-corrected chi connectivity index (χ4v) is 15.8. The Kier molecular flexibility index (Phi) is 17.1. The van der Waals surface area contributed by atoms with E-state index < -0.39 is 0 Å². The first kappa shape index (κ1) is 52.8. The second kappa shape index (κ2) is 22.3. The number of guanidine groups is 1. The summed E-state index contributed by atoms with van der Waals surface area (Å²) in [5.41, 5.74) is 10.8. The maximum atomic E-state index is 14.0. The SMILES string of the molecule is CCC(CC(Cl)C(C)C#N)OC1C(C)(C)C(NC(=O)C2CN(C)C(N3CCC(OCCCc4ccc(C5=N[C@@H](CC6CCNCC6)C6NNC(C)N6C6SC(C)C(C)C56)cc4)CC3)=[N+](C)C2)C1(C)C. The molecule has 1 aliphatic carbocycles. The van der Waals surface area contributed by atoms with E-state index in [0.717, 1.165) is 71.3 Å². The smallest absolute Gasteiger partial charge is 0.350 e. The molecule has 1 saturated carbocycles. The molecule has 0 aromatic heterocycles. The molecule has 15 heteroatoms. The number of fused-ring (bicyclic) bond motifs is 3. The predicted octanol–water partition coefficient (Wildman–Crippen LogP) is 6.89. The van der Waals surface area contributed by atoms with Gasteiger partial charge < -0.3 is 20.1 Å². The molecule has 1 amide bonds. The summed E-state index contributed by atoms with van der Waals surface area (Å²) in [4.78, 5) is 27.3. The van der Waals surface area contributed by atoms with Gasteiger partial charge in [0.25, 0.3) is 0 Å². The number of aryl methyl sites for hydroxylation is 1. The number of halogens is 1. The molecule has 1 aromatic rings. The van der Waals surface area contributed by atoms with Crippen LogP contribution in [0.25, 0.3) is 0 Å². The van der Waals surface area contributed by atoms with Crippen molar-refractivity contribution in [3.05, 3.63) is 35.4 Å². The van der Waals surface area contributed by atoms with E-state index >= 15 is 0 Å². The molecule has 0 radical (unpaired) electrons. The number of hydrazine groups is 1. The van der Waals surface area contributed by atoms with E-state index in [1.165, 1.54) is 35.6 Å². The van der Waals surface area contributed by atoms with Crippen LogP contribution in [-0.4, -0.2) is 156 Å². The van der Waals surface area contributed by atoms with Gasteiger partial charge in [-0.3, -0.25) is 29.1 Å². The lowest BCUT2D eigenvalue weighted by Crippen LogP contribution is -2.75. The van der Waals surface area contributed by atoms with Crippen LogP contribution in [0.3, 0.4) is 0 Å². The second-order valence-corrected chi connectivity index (χ2v) is 25.5. The average Bonchev–Trinajstić information content (AvgIpc) is 3.81. The van der Waals surface area contributed by atoms with Crippen LogP contribution < -0.4 is 21.5 Å². The van der Waals surface area contributed by atoms with Gasteiger partial charge in [-0.1, -0.05) is 72.7 Å². The molecule has 4 saturated heterocycles. The molecule has 1 aromatic carbocycles.